The van der Waals surface area contributed by atoms with E-state index in [4.69, 9.17) is 21.4 Å². The summed E-state index contributed by atoms with van der Waals surface area (Å²) in [4.78, 5) is 41.4. The van der Waals surface area contributed by atoms with E-state index in [0.29, 0.717) is 65.4 Å². The largest absolute Gasteiger partial charge is 0.353 e. The molecule has 52 heavy (non-hydrogen) atoms. The molecule has 3 heterocycles. The molecule has 0 radical (unpaired) electrons. The third-order valence-corrected chi connectivity index (χ3v) is 9.99. The van der Waals surface area contributed by atoms with Crippen molar-refractivity contribution >= 4 is 51.6 Å². The minimum Gasteiger partial charge on any atom is -0.353 e. The van der Waals surface area contributed by atoms with E-state index in [1.807, 2.05) is 76.0 Å². The highest BCUT2D eigenvalue weighted by Gasteiger charge is 2.51. The number of benzene rings is 3. The van der Waals surface area contributed by atoms with Crippen LogP contribution in [0.3, 0.4) is 0 Å². The van der Waals surface area contributed by atoms with Crippen LogP contribution in [0.5, 0.6) is 0 Å². The number of carbonyl (C=O) groups excluding carboxylic acids is 3. The molecule has 13 heteroatoms. The first kappa shape index (κ1) is 34.7. The number of para-hydroxylation sites is 1. The van der Waals surface area contributed by atoms with Crippen LogP contribution in [0.2, 0.25) is 5.02 Å². The van der Waals surface area contributed by atoms with Gasteiger partial charge in [-0.2, -0.15) is 21.6 Å². The number of halogens is 1. The Hall–Kier alpha value is -5.77. The van der Waals surface area contributed by atoms with Gasteiger partial charge in [0.15, 0.2) is 0 Å². The molecule has 11 nitrogen and oxygen atoms in total. The van der Waals surface area contributed by atoms with Crippen molar-refractivity contribution in [1.29, 1.82) is 5.26 Å². The van der Waals surface area contributed by atoms with E-state index < -0.39 is 5.54 Å². The number of rotatable bonds is 10. The van der Waals surface area contributed by atoms with Crippen molar-refractivity contribution < 1.29 is 18.9 Å². The van der Waals surface area contributed by atoms with Crippen molar-refractivity contribution in [2.24, 2.45) is 0 Å². The quantitative estimate of drug-likeness (QED) is 0.142. The summed E-state index contributed by atoms with van der Waals surface area (Å²) in [6.07, 6.45) is 3.98. The average Bonchev–Trinajstić information content (AvgIpc) is 4.00. The molecular formula is C39H34ClN7O4S. The summed E-state index contributed by atoms with van der Waals surface area (Å²) in [6, 6.07) is 26.4. The zero-order valence-electron chi connectivity index (χ0n) is 28.2. The van der Waals surface area contributed by atoms with Gasteiger partial charge in [0, 0.05) is 36.1 Å². The Morgan fingerprint density at radius 1 is 1.04 bits per heavy atom. The highest BCUT2D eigenvalue weighted by atomic mass is 35.5. The van der Waals surface area contributed by atoms with Crippen LogP contribution in [0.4, 0.5) is 0 Å². The van der Waals surface area contributed by atoms with Gasteiger partial charge in [0.1, 0.15) is 11.2 Å². The standard InChI is InChI=1S/C30H23ClN6O3.C9H11NOS/c1-18-34-27(36-40-18)26-25(31)23-7-2-3-8-24(23)37(26)22-11-9-19(10-12-22)17-33-29(39)30(13-14-30)35-28(38)21-6-4-5-20(15-21)16-32;11-9(10-8-1-2-8)5-7-3-4-12-6-7/h2-12,15H,13-14,17H2,1H3,(H,33,39)(H,35,38);3-4,6,8H,1-2,5H2,(H,10,11). The summed E-state index contributed by atoms with van der Waals surface area (Å²) in [5.74, 6) is 0.384. The number of fused-ring (bicyclic) bond motifs is 1. The predicted octanol–water partition coefficient (Wildman–Crippen LogP) is 6.66. The minimum atomic E-state index is -0.932. The molecule has 8 rings (SSSR count). The number of carbonyl (C=O) groups is 3. The highest BCUT2D eigenvalue weighted by molar-refractivity contribution is 7.08. The lowest BCUT2D eigenvalue weighted by Crippen LogP contribution is -2.48. The zero-order chi connectivity index (χ0) is 36.2. The van der Waals surface area contributed by atoms with Gasteiger partial charge >= 0.3 is 0 Å². The van der Waals surface area contributed by atoms with Gasteiger partial charge in [-0.15, -0.1) is 0 Å². The van der Waals surface area contributed by atoms with E-state index >= 15 is 0 Å². The fourth-order valence-corrected chi connectivity index (χ4v) is 6.81. The number of nitrogens with one attached hydrogen (secondary N) is 3. The van der Waals surface area contributed by atoms with Crippen LogP contribution in [0.25, 0.3) is 28.1 Å². The molecule has 0 spiro atoms. The number of thiophene rings is 1. The molecule has 3 aromatic heterocycles. The van der Waals surface area contributed by atoms with E-state index in [1.165, 1.54) is 6.07 Å². The van der Waals surface area contributed by atoms with Crippen molar-refractivity contribution in [2.45, 2.75) is 57.2 Å². The number of nitrogens with zero attached hydrogens (tertiary/aromatic N) is 4. The summed E-state index contributed by atoms with van der Waals surface area (Å²) in [6.45, 7) is 2.02. The molecule has 3 amide bonds. The molecular weight excluding hydrogens is 698 g/mol. The second-order valence-corrected chi connectivity index (χ2v) is 14.0. The third kappa shape index (κ3) is 7.76. The van der Waals surface area contributed by atoms with Crippen LogP contribution in [0.15, 0.2) is 94.1 Å². The van der Waals surface area contributed by atoms with E-state index in [0.717, 1.165) is 40.6 Å². The van der Waals surface area contributed by atoms with Crippen LogP contribution < -0.4 is 16.0 Å². The maximum Gasteiger partial charge on any atom is 0.252 e. The second-order valence-electron chi connectivity index (χ2n) is 12.9. The average molecular weight is 732 g/mol. The Morgan fingerprint density at radius 3 is 2.50 bits per heavy atom. The van der Waals surface area contributed by atoms with Gasteiger partial charge in [-0.1, -0.05) is 53.2 Å². The summed E-state index contributed by atoms with van der Waals surface area (Å²) in [5, 5.41) is 27.4. The number of hydrogen-bond acceptors (Lipinski definition) is 8. The normalized spacial score (nSPS) is 14.1. The van der Waals surface area contributed by atoms with Crippen molar-refractivity contribution in [3.63, 3.8) is 0 Å². The second kappa shape index (κ2) is 14.8. The maximum atomic E-state index is 13.0. The van der Waals surface area contributed by atoms with Crippen LogP contribution in [0, 0.1) is 18.3 Å². The summed E-state index contributed by atoms with van der Waals surface area (Å²) < 4.78 is 7.20. The summed E-state index contributed by atoms with van der Waals surface area (Å²) in [7, 11) is 0. The Bertz CT molecular complexity index is 2300. The fraction of sp³-hybridized carbons (Fsp3) is 0.231. The lowest BCUT2D eigenvalue weighted by Gasteiger charge is -2.17. The van der Waals surface area contributed by atoms with Crippen molar-refractivity contribution in [1.82, 2.24) is 30.7 Å². The Balaban J connectivity index is 0.000000295. The summed E-state index contributed by atoms with van der Waals surface area (Å²) in [5.41, 5.74) is 4.20. The molecule has 0 saturated heterocycles. The number of aryl methyl sites for hydroxylation is 1. The first-order valence-electron chi connectivity index (χ1n) is 16.8. The molecule has 2 aliphatic carbocycles. The molecule has 0 atom stereocenters. The van der Waals surface area contributed by atoms with Gasteiger partial charge < -0.3 is 25.0 Å². The number of hydrogen-bond donors (Lipinski definition) is 3. The molecule has 2 saturated carbocycles. The smallest absolute Gasteiger partial charge is 0.252 e. The lowest BCUT2D eigenvalue weighted by molar-refractivity contribution is -0.124. The van der Waals surface area contributed by atoms with E-state index in [1.54, 1.807) is 36.5 Å². The molecule has 2 aliphatic rings. The topological polar surface area (TPSA) is 155 Å². The lowest BCUT2D eigenvalue weighted by atomic mass is 10.1. The van der Waals surface area contributed by atoms with E-state index in [9.17, 15) is 14.4 Å². The van der Waals surface area contributed by atoms with Crippen molar-refractivity contribution in [3.8, 4) is 23.3 Å². The monoisotopic (exact) mass is 731 g/mol. The van der Waals surface area contributed by atoms with Gasteiger partial charge in [0.2, 0.25) is 23.5 Å². The third-order valence-electron chi connectivity index (χ3n) is 8.88. The molecule has 6 aromatic rings. The first-order valence-corrected chi connectivity index (χ1v) is 18.2. The SMILES string of the molecule is Cc1nc(-c2c(Cl)c3ccccc3n2-c2ccc(CNC(=O)C3(NC(=O)c4cccc(C#N)c4)CC3)cc2)no1.O=C(Cc1ccsc1)NC1CC1. The van der Waals surface area contributed by atoms with Gasteiger partial charge in [0.25, 0.3) is 5.91 Å². The number of nitriles is 1. The Kier molecular flexibility index (Phi) is 9.89. The predicted molar refractivity (Wildman–Crippen MR) is 198 cm³/mol. The Labute approximate surface area is 308 Å². The van der Waals surface area contributed by atoms with Gasteiger partial charge in [-0.3, -0.25) is 14.4 Å². The molecule has 0 aliphatic heterocycles. The van der Waals surface area contributed by atoms with Crippen molar-refractivity contribution in [2.75, 3.05) is 0 Å². The van der Waals surface area contributed by atoms with Crippen LogP contribution in [-0.2, 0) is 22.6 Å². The Morgan fingerprint density at radius 2 is 1.83 bits per heavy atom. The van der Waals surface area contributed by atoms with Crippen LogP contribution in [-0.4, -0.2) is 44.0 Å². The first-order chi connectivity index (χ1) is 25.2. The highest BCUT2D eigenvalue weighted by Crippen LogP contribution is 2.39. The molecule has 0 bridgehead atoms. The molecule has 3 aromatic carbocycles. The minimum absolute atomic E-state index is 0.163. The van der Waals surface area contributed by atoms with E-state index in [2.05, 4.69) is 26.1 Å². The fourth-order valence-electron chi connectivity index (χ4n) is 5.81. The molecule has 0 unspecified atom stereocenters. The van der Waals surface area contributed by atoms with Crippen LogP contribution >= 0.6 is 22.9 Å². The number of amides is 3. The van der Waals surface area contributed by atoms with Crippen molar-refractivity contribution in [3.05, 3.63) is 123 Å². The molecule has 3 N–H and O–H groups in total. The van der Waals surface area contributed by atoms with Gasteiger partial charge in [-0.05, 0) is 90.0 Å². The van der Waals surface area contributed by atoms with Gasteiger partial charge in [0.05, 0.1) is 28.6 Å². The van der Waals surface area contributed by atoms with Gasteiger partial charge in [-0.25, -0.2) is 0 Å². The number of aromatic nitrogens is 3. The summed E-state index contributed by atoms with van der Waals surface area (Å²) >= 11 is 8.41. The molecule has 262 valence electrons. The van der Waals surface area contributed by atoms with Crippen LogP contribution in [0.1, 0.15) is 58.6 Å². The molecule has 2 fully saturated rings. The van der Waals surface area contributed by atoms with E-state index in [-0.39, 0.29) is 17.7 Å². The zero-order valence-corrected chi connectivity index (χ0v) is 29.8. The maximum absolute atomic E-state index is 13.0.